The van der Waals surface area contributed by atoms with Crippen molar-refractivity contribution in [2.24, 2.45) is 0 Å². The summed E-state index contributed by atoms with van der Waals surface area (Å²) >= 11 is 0. The highest BCUT2D eigenvalue weighted by Crippen LogP contribution is 2.04. The summed E-state index contributed by atoms with van der Waals surface area (Å²) < 4.78 is 4.93. The minimum Gasteiger partial charge on any atom is -0.387 e. The van der Waals surface area contributed by atoms with Crippen LogP contribution in [0.15, 0.2) is 0 Å². The molecule has 0 saturated carbocycles. The van der Waals surface area contributed by atoms with Crippen molar-refractivity contribution in [3.8, 4) is 0 Å². The molecular formula is C3H7BO. The monoisotopic (exact) mass is 70.1 g/mol. The van der Waals surface area contributed by atoms with Crippen LogP contribution in [-0.4, -0.2) is 20.5 Å². The Morgan fingerprint density at radius 1 is 1.80 bits per heavy atom. The lowest BCUT2D eigenvalue weighted by molar-refractivity contribution is 0.00392. The molecule has 1 fully saturated rings. The maximum atomic E-state index is 4.93. The maximum Gasteiger partial charge on any atom is 0.139 e. The van der Waals surface area contributed by atoms with Crippen LogP contribution in [0.3, 0.4) is 0 Å². The lowest BCUT2D eigenvalue weighted by atomic mass is 9.93. The van der Waals surface area contributed by atoms with E-state index in [4.69, 9.17) is 4.74 Å². The molecule has 1 atom stereocenters. The quantitative estimate of drug-likeness (QED) is 0.344. The minimum absolute atomic E-state index is 0.565. The molecule has 5 heavy (non-hydrogen) atoms. The summed E-state index contributed by atoms with van der Waals surface area (Å²) in [5, 5.41) is 0. The van der Waals surface area contributed by atoms with Gasteiger partial charge >= 0.3 is 0 Å². The lowest BCUT2D eigenvalue weighted by Crippen LogP contribution is -2.26. The van der Waals surface area contributed by atoms with Gasteiger partial charge in [0.1, 0.15) is 7.85 Å². The fraction of sp³-hybridized carbons (Fsp3) is 1.00. The van der Waals surface area contributed by atoms with Crippen LogP contribution in [0.2, 0.25) is 0 Å². The Hall–Kier alpha value is 0.0249. The molecule has 1 saturated heterocycles. The molecule has 0 N–H and O–H groups in total. The Labute approximate surface area is 32.7 Å². The third-order valence-electron chi connectivity index (χ3n) is 0.927. The average Bonchev–Trinajstić information content (AvgIpc) is 1.30. The van der Waals surface area contributed by atoms with E-state index in [2.05, 4.69) is 7.85 Å². The van der Waals surface area contributed by atoms with E-state index in [1.807, 2.05) is 0 Å². The van der Waals surface area contributed by atoms with Crippen molar-refractivity contribution < 1.29 is 4.74 Å². The second kappa shape index (κ2) is 1.01. The largest absolute Gasteiger partial charge is 0.387 e. The molecule has 0 bridgehead atoms. The van der Waals surface area contributed by atoms with Crippen LogP contribution >= 0.6 is 0 Å². The number of hydrogen-bond acceptors (Lipinski definition) is 1. The van der Waals surface area contributed by atoms with Crippen molar-refractivity contribution >= 4 is 7.85 Å². The van der Waals surface area contributed by atoms with E-state index >= 15 is 0 Å². The van der Waals surface area contributed by atoms with Crippen molar-refractivity contribution in [1.29, 1.82) is 0 Å². The van der Waals surface area contributed by atoms with E-state index in [1.165, 1.54) is 6.42 Å². The van der Waals surface area contributed by atoms with E-state index in [0.717, 1.165) is 6.61 Å². The molecular weight excluding hydrogens is 62.8 g/mol. The topological polar surface area (TPSA) is 9.23 Å². The zero-order valence-corrected chi connectivity index (χ0v) is 3.40. The molecule has 1 heterocycles. The predicted octanol–water partition coefficient (Wildman–Crippen LogP) is -0.634. The Balaban J connectivity index is 2.08. The summed E-state index contributed by atoms with van der Waals surface area (Å²) in [5.74, 6) is 0. The van der Waals surface area contributed by atoms with E-state index in [9.17, 15) is 0 Å². The van der Waals surface area contributed by atoms with E-state index in [1.54, 1.807) is 0 Å². The van der Waals surface area contributed by atoms with Crippen LogP contribution in [0.4, 0.5) is 0 Å². The van der Waals surface area contributed by atoms with Crippen LogP contribution < -0.4 is 0 Å². The molecule has 1 rings (SSSR count). The Morgan fingerprint density at radius 2 is 2.20 bits per heavy atom. The summed E-state index contributed by atoms with van der Waals surface area (Å²) in [5.41, 5.74) is 0. The molecule has 0 spiro atoms. The lowest BCUT2D eigenvalue weighted by Gasteiger charge is -2.21. The van der Waals surface area contributed by atoms with Crippen molar-refractivity contribution in [3.05, 3.63) is 0 Å². The Morgan fingerprint density at radius 3 is 2.20 bits per heavy atom. The Kier molecular flexibility index (Phi) is 0.654. The molecule has 0 aromatic rings. The number of rotatable bonds is 0. The van der Waals surface area contributed by atoms with Crippen LogP contribution in [0.25, 0.3) is 0 Å². The molecule has 1 aliphatic rings. The molecule has 0 radical (unpaired) electrons. The van der Waals surface area contributed by atoms with Gasteiger partial charge in [0.2, 0.25) is 0 Å². The van der Waals surface area contributed by atoms with Crippen LogP contribution in [0, 0.1) is 0 Å². The van der Waals surface area contributed by atoms with Gasteiger partial charge in [-0.05, 0) is 6.42 Å². The van der Waals surface area contributed by atoms with Gasteiger partial charge in [-0.2, -0.15) is 0 Å². The number of ether oxygens (including phenoxy) is 1. The molecule has 1 aliphatic heterocycles. The zero-order valence-electron chi connectivity index (χ0n) is 3.40. The van der Waals surface area contributed by atoms with Crippen molar-refractivity contribution in [1.82, 2.24) is 0 Å². The molecule has 28 valence electrons. The first-order valence-corrected chi connectivity index (χ1v) is 2.01. The molecule has 0 aromatic heterocycles. The maximum absolute atomic E-state index is 4.93. The molecule has 1 nitrogen and oxygen atoms in total. The summed E-state index contributed by atoms with van der Waals surface area (Å²) in [4.78, 5) is 0. The highest BCUT2D eigenvalue weighted by atomic mass is 16.5. The fourth-order valence-electron chi connectivity index (χ4n) is 0.354. The van der Waals surface area contributed by atoms with E-state index < -0.39 is 0 Å². The van der Waals surface area contributed by atoms with Gasteiger partial charge in [0.25, 0.3) is 0 Å². The SMILES string of the molecule is BC1CCO1. The van der Waals surface area contributed by atoms with Gasteiger partial charge in [0.15, 0.2) is 0 Å². The predicted molar refractivity (Wildman–Crippen MR) is 22.9 cm³/mol. The van der Waals surface area contributed by atoms with Gasteiger partial charge < -0.3 is 4.74 Å². The first kappa shape index (κ1) is 3.22. The highest BCUT2D eigenvalue weighted by Gasteiger charge is 2.09. The summed E-state index contributed by atoms with van der Waals surface area (Å²) in [6.07, 6.45) is 1.26. The second-order valence-corrected chi connectivity index (χ2v) is 1.47. The molecule has 0 amide bonds. The summed E-state index contributed by atoms with van der Waals surface area (Å²) in [6.45, 7) is 0.987. The number of hydrogen-bond donors (Lipinski definition) is 0. The molecule has 0 aromatic carbocycles. The fourth-order valence-corrected chi connectivity index (χ4v) is 0.354. The van der Waals surface area contributed by atoms with E-state index in [-0.39, 0.29) is 0 Å². The van der Waals surface area contributed by atoms with Gasteiger partial charge in [-0.3, -0.25) is 0 Å². The van der Waals surface area contributed by atoms with Gasteiger partial charge in [-0.25, -0.2) is 0 Å². The summed E-state index contributed by atoms with van der Waals surface area (Å²) in [6, 6.07) is 0.565. The first-order valence-electron chi connectivity index (χ1n) is 2.01. The van der Waals surface area contributed by atoms with E-state index in [0.29, 0.717) is 6.00 Å². The van der Waals surface area contributed by atoms with Crippen LogP contribution in [-0.2, 0) is 4.74 Å². The molecule has 1 unspecified atom stereocenters. The zero-order chi connectivity index (χ0) is 3.70. The van der Waals surface area contributed by atoms with Gasteiger partial charge in [-0.1, -0.05) is 0 Å². The van der Waals surface area contributed by atoms with Crippen LogP contribution in [0.5, 0.6) is 0 Å². The minimum atomic E-state index is 0.565. The normalized spacial score (nSPS) is 36.4. The van der Waals surface area contributed by atoms with Crippen molar-refractivity contribution in [3.63, 3.8) is 0 Å². The smallest absolute Gasteiger partial charge is 0.139 e. The average molecular weight is 69.9 g/mol. The first-order chi connectivity index (χ1) is 2.39. The van der Waals surface area contributed by atoms with Gasteiger partial charge in [0.05, 0.1) is 0 Å². The highest BCUT2D eigenvalue weighted by molar-refractivity contribution is 6.11. The van der Waals surface area contributed by atoms with Crippen LogP contribution in [0.1, 0.15) is 6.42 Å². The Bertz CT molecular complexity index is 33.9. The summed E-state index contributed by atoms with van der Waals surface area (Å²) in [7, 11) is 2.09. The molecule has 0 aliphatic carbocycles. The van der Waals surface area contributed by atoms with Crippen molar-refractivity contribution in [2.45, 2.75) is 12.4 Å². The van der Waals surface area contributed by atoms with Gasteiger partial charge in [-0.15, -0.1) is 0 Å². The second-order valence-electron chi connectivity index (χ2n) is 1.47. The third kappa shape index (κ3) is 0.455. The van der Waals surface area contributed by atoms with Crippen molar-refractivity contribution in [2.75, 3.05) is 6.61 Å². The third-order valence-corrected chi connectivity index (χ3v) is 0.927. The van der Waals surface area contributed by atoms with Gasteiger partial charge in [0, 0.05) is 12.6 Å². The molecule has 2 heteroatoms. The standard InChI is InChI=1S/C3H7BO/c4-3-1-2-5-3/h3H,1-2,4H2.